The number of piperidine rings is 2. The first-order valence-corrected chi connectivity index (χ1v) is 16.1. The number of hydrogen-bond donors (Lipinski definition) is 2. The number of para-hydroxylation sites is 1. The number of hydrogen-bond acceptors (Lipinski definition) is 6. The van der Waals surface area contributed by atoms with Crippen molar-refractivity contribution in [3.63, 3.8) is 0 Å². The first kappa shape index (κ1) is 26.4. The second-order valence-electron chi connectivity index (χ2n) is 13.8. The molecule has 3 fully saturated rings. The van der Waals surface area contributed by atoms with E-state index in [1.807, 2.05) is 23.1 Å². The van der Waals surface area contributed by atoms with Gasteiger partial charge in [0.05, 0.1) is 19.3 Å². The Balaban J connectivity index is 1.04. The summed E-state index contributed by atoms with van der Waals surface area (Å²) < 4.78 is 12.8. The molecule has 2 aliphatic carbocycles. The van der Waals surface area contributed by atoms with Gasteiger partial charge in [0.15, 0.2) is 11.5 Å². The lowest BCUT2D eigenvalue weighted by molar-refractivity contribution is -0.119. The third-order valence-electron chi connectivity index (χ3n) is 12.0. The Labute approximate surface area is 257 Å². The van der Waals surface area contributed by atoms with Crippen molar-refractivity contribution in [1.82, 2.24) is 20.1 Å². The first-order valence-electron chi connectivity index (χ1n) is 16.1. The van der Waals surface area contributed by atoms with Crippen LogP contribution in [0.1, 0.15) is 63.8 Å². The van der Waals surface area contributed by atoms with Gasteiger partial charge in [-0.15, -0.1) is 0 Å². The minimum Gasteiger partial charge on any atom is -0.493 e. The van der Waals surface area contributed by atoms with Crippen LogP contribution < -0.4 is 19.7 Å². The zero-order valence-corrected chi connectivity index (χ0v) is 25.6. The van der Waals surface area contributed by atoms with Gasteiger partial charge in [-0.2, -0.15) is 0 Å². The molecule has 2 aromatic carbocycles. The Morgan fingerprint density at radius 3 is 2.61 bits per heavy atom. The number of aromatic nitrogens is 1. The highest BCUT2D eigenvalue weighted by atomic mass is 16.5. The quantitative estimate of drug-likeness (QED) is 0.482. The third-order valence-corrected chi connectivity index (χ3v) is 12.0. The molecule has 3 aromatic rings. The maximum absolute atomic E-state index is 14.2. The summed E-state index contributed by atoms with van der Waals surface area (Å²) in [5.74, 6) is 2.20. The van der Waals surface area contributed by atoms with Crippen LogP contribution in [0.5, 0.6) is 11.5 Å². The van der Waals surface area contributed by atoms with Crippen molar-refractivity contribution in [2.24, 2.45) is 5.92 Å². The number of carbonyl (C=O) groups excluding carboxylic acids is 2. The number of rotatable bonds is 3. The molecule has 9 nitrogen and oxygen atoms in total. The topological polar surface area (TPSA) is 90.1 Å². The summed E-state index contributed by atoms with van der Waals surface area (Å²) in [5, 5.41) is 3.26. The Kier molecular flexibility index (Phi) is 5.42. The van der Waals surface area contributed by atoms with E-state index in [9.17, 15) is 9.59 Å². The van der Waals surface area contributed by atoms with E-state index in [4.69, 9.17) is 9.47 Å². The number of aromatic amines is 1. The number of nitrogens with zero attached hydrogens (tertiary/aromatic N) is 3. The average molecular weight is 594 g/mol. The van der Waals surface area contributed by atoms with Crippen molar-refractivity contribution in [3.8, 4) is 11.5 Å². The van der Waals surface area contributed by atoms with Gasteiger partial charge in [0, 0.05) is 48.6 Å². The largest absolute Gasteiger partial charge is 0.493 e. The number of anilines is 1. The lowest BCUT2D eigenvalue weighted by Crippen LogP contribution is -2.62. The standard InChI is InChI=1S/C35H39N5O4/c1-20-23-18-24-25-17-21-9-10-26(43-3)31-28(21)35(24,13-14-38(25)2)32(44-31)30(23)36-29(20)33(42)39-15-11-34(12-16-39)37-27(41)19-40(34)22-7-5-4-6-8-22/h4-10,24-25,32,36H,11-19H2,1-3H3,(H,37,41)/t24-,25-,32-,35?/m0/s1. The fraction of sp³-hybridized carbons (Fsp3) is 0.486. The molecule has 2 N–H and O–H groups in total. The Morgan fingerprint density at radius 2 is 1.84 bits per heavy atom. The number of benzene rings is 2. The van der Waals surface area contributed by atoms with Crippen molar-refractivity contribution in [2.45, 2.75) is 62.3 Å². The Morgan fingerprint density at radius 1 is 1.05 bits per heavy atom. The first-order chi connectivity index (χ1) is 21.3. The molecule has 228 valence electrons. The van der Waals surface area contributed by atoms with Gasteiger partial charge >= 0.3 is 0 Å². The molecule has 9 heteroatoms. The number of nitrogens with one attached hydrogen (secondary N) is 2. The molecule has 4 aliphatic heterocycles. The van der Waals surface area contributed by atoms with Gasteiger partial charge in [-0.05, 0) is 80.6 Å². The highest BCUT2D eigenvalue weighted by molar-refractivity contribution is 5.95. The summed E-state index contributed by atoms with van der Waals surface area (Å²) in [5.41, 5.74) is 7.26. The van der Waals surface area contributed by atoms with Crippen LogP contribution in [0.3, 0.4) is 0 Å². The molecule has 2 amide bonds. The fourth-order valence-electron chi connectivity index (χ4n) is 9.89. The lowest BCUT2D eigenvalue weighted by Gasteiger charge is -2.57. The highest BCUT2D eigenvalue weighted by Gasteiger charge is 2.65. The van der Waals surface area contributed by atoms with Gasteiger partial charge < -0.3 is 34.5 Å². The van der Waals surface area contributed by atoms with E-state index in [1.54, 1.807) is 7.11 Å². The second-order valence-corrected chi connectivity index (χ2v) is 13.8. The van der Waals surface area contributed by atoms with Crippen molar-refractivity contribution in [1.29, 1.82) is 0 Å². The van der Waals surface area contributed by atoms with E-state index in [1.165, 1.54) is 16.7 Å². The van der Waals surface area contributed by atoms with E-state index >= 15 is 0 Å². The van der Waals surface area contributed by atoms with Gasteiger partial charge in [-0.1, -0.05) is 24.3 Å². The van der Waals surface area contributed by atoms with E-state index in [2.05, 4.69) is 58.3 Å². The fourth-order valence-corrected chi connectivity index (χ4v) is 9.89. The summed E-state index contributed by atoms with van der Waals surface area (Å²) in [7, 11) is 3.99. The van der Waals surface area contributed by atoms with Crippen molar-refractivity contribution >= 4 is 17.5 Å². The van der Waals surface area contributed by atoms with E-state index in [0.29, 0.717) is 50.1 Å². The number of likely N-dealkylation sites (tertiary alicyclic amines) is 2. The number of fused-ring (bicyclic) bond motifs is 2. The van der Waals surface area contributed by atoms with Crippen LogP contribution in [0.25, 0.3) is 0 Å². The van der Waals surface area contributed by atoms with Crippen molar-refractivity contribution in [2.75, 3.05) is 45.2 Å². The maximum atomic E-state index is 14.2. The molecular formula is C35H39N5O4. The van der Waals surface area contributed by atoms with E-state index < -0.39 is 5.66 Å². The minimum absolute atomic E-state index is 0.0376. The summed E-state index contributed by atoms with van der Waals surface area (Å²) in [4.78, 5) is 37.2. The monoisotopic (exact) mass is 593 g/mol. The summed E-state index contributed by atoms with van der Waals surface area (Å²) in [6.07, 6.45) is 4.19. The molecule has 1 aromatic heterocycles. The van der Waals surface area contributed by atoms with Crippen molar-refractivity contribution in [3.05, 3.63) is 76.1 Å². The third kappa shape index (κ3) is 3.28. The SMILES string of the molecule is COc1ccc2c3c1O[C@H]1c4[nH]c(C(=O)N5CCC6(CC5)NC(=O)CN6c5ccccc5)c(C)c4C[C@H]4[C@H](C2)N(C)CCC314. The van der Waals surface area contributed by atoms with Gasteiger partial charge in [-0.25, -0.2) is 0 Å². The maximum Gasteiger partial charge on any atom is 0.270 e. The molecule has 0 radical (unpaired) electrons. The van der Waals surface area contributed by atoms with Crippen LogP contribution in [0.15, 0.2) is 42.5 Å². The molecule has 2 bridgehead atoms. The van der Waals surface area contributed by atoms with Crippen LogP contribution in [0, 0.1) is 12.8 Å². The normalized spacial score (nSPS) is 29.2. The van der Waals surface area contributed by atoms with Gasteiger partial charge in [0.2, 0.25) is 5.91 Å². The zero-order valence-electron chi connectivity index (χ0n) is 25.6. The van der Waals surface area contributed by atoms with Crippen LogP contribution in [-0.4, -0.2) is 78.6 Å². The number of likely N-dealkylation sites (N-methyl/N-ethyl adjacent to an activating group) is 1. The van der Waals surface area contributed by atoms with Gasteiger partial charge in [0.25, 0.3) is 5.91 Å². The number of amides is 2. The molecule has 6 aliphatic rings. The summed E-state index contributed by atoms with van der Waals surface area (Å²) in [6, 6.07) is 14.9. The number of carbonyl (C=O) groups is 2. The Hall–Kier alpha value is -3.98. The molecular weight excluding hydrogens is 554 g/mol. The number of H-pyrrole nitrogens is 1. The van der Waals surface area contributed by atoms with Crippen molar-refractivity contribution < 1.29 is 19.1 Å². The molecule has 9 rings (SSSR count). The number of methoxy groups -OCH3 is 1. The molecule has 2 spiro atoms. The molecule has 4 atom stereocenters. The summed E-state index contributed by atoms with van der Waals surface area (Å²) in [6.45, 7) is 4.64. The van der Waals surface area contributed by atoms with Crippen LogP contribution >= 0.6 is 0 Å². The smallest absolute Gasteiger partial charge is 0.270 e. The van der Waals surface area contributed by atoms with E-state index in [0.717, 1.165) is 54.3 Å². The van der Waals surface area contributed by atoms with Crippen LogP contribution in [0.2, 0.25) is 0 Å². The van der Waals surface area contributed by atoms with Crippen LogP contribution in [-0.2, 0) is 23.1 Å². The molecule has 44 heavy (non-hydrogen) atoms. The highest BCUT2D eigenvalue weighted by Crippen LogP contribution is 2.67. The second kappa shape index (κ2) is 9.03. The molecule has 5 heterocycles. The molecule has 1 unspecified atom stereocenters. The predicted octanol–water partition coefficient (Wildman–Crippen LogP) is 3.70. The predicted molar refractivity (Wildman–Crippen MR) is 165 cm³/mol. The lowest BCUT2D eigenvalue weighted by atomic mass is 9.51. The van der Waals surface area contributed by atoms with E-state index in [-0.39, 0.29) is 23.3 Å². The number of ether oxygens (including phenoxy) is 2. The zero-order chi connectivity index (χ0) is 30.0. The summed E-state index contributed by atoms with van der Waals surface area (Å²) >= 11 is 0. The molecule has 0 saturated carbocycles. The van der Waals surface area contributed by atoms with Gasteiger partial charge in [-0.3, -0.25) is 9.59 Å². The average Bonchev–Trinajstić information content (AvgIpc) is 3.67. The minimum atomic E-state index is -0.460. The Bertz CT molecular complexity index is 1710. The van der Waals surface area contributed by atoms with Crippen LogP contribution in [0.4, 0.5) is 5.69 Å². The molecule has 3 saturated heterocycles. The van der Waals surface area contributed by atoms with Gasteiger partial charge in [0.1, 0.15) is 17.5 Å².